The average molecular weight is 515 g/mol. The highest BCUT2D eigenvalue weighted by atomic mass is 16.5. The van der Waals surface area contributed by atoms with Crippen molar-refractivity contribution in [3.63, 3.8) is 0 Å². The molecule has 37 heavy (non-hydrogen) atoms. The molecule has 10 atom stereocenters. The maximum absolute atomic E-state index is 13.0. The van der Waals surface area contributed by atoms with Crippen LogP contribution in [-0.2, 0) is 14.3 Å². The molecule has 0 aromatic carbocycles. The van der Waals surface area contributed by atoms with E-state index in [1.54, 1.807) is 0 Å². The van der Waals surface area contributed by atoms with Crippen LogP contribution in [0.25, 0.3) is 0 Å². The number of aliphatic hydroxyl groups excluding tert-OH is 2. The van der Waals surface area contributed by atoms with Gasteiger partial charge in [-0.15, -0.1) is 0 Å². The van der Waals surface area contributed by atoms with Gasteiger partial charge < -0.3 is 14.9 Å². The Bertz CT molecular complexity index is 974. The van der Waals surface area contributed by atoms with Gasteiger partial charge in [-0.05, 0) is 109 Å². The molecule has 0 spiro atoms. The first-order chi connectivity index (χ1) is 17.3. The Morgan fingerprint density at radius 3 is 2.32 bits per heavy atom. The largest absolute Gasteiger partial charge is 0.465 e. The third-order valence-electron chi connectivity index (χ3n) is 13.8. The highest BCUT2D eigenvalue weighted by Gasteiger charge is 2.71. The first-order valence-corrected chi connectivity index (χ1v) is 14.9. The number of rotatable bonds is 5. The van der Waals surface area contributed by atoms with Crippen LogP contribution in [0.2, 0.25) is 0 Å². The molecular formula is C32H50O5. The van der Waals surface area contributed by atoms with Crippen molar-refractivity contribution >= 4 is 11.8 Å². The van der Waals surface area contributed by atoms with E-state index in [4.69, 9.17) is 4.74 Å². The molecule has 5 heteroatoms. The first-order valence-electron chi connectivity index (χ1n) is 14.9. The van der Waals surface area contributed by atoms with E-state index in [1.807, 2.05) is 6.92 Å². The summed E-state index contributed by atoms with van der Waals surface area (Å²) in [5, 5.41) is 20.5. The molecule has 5 fully saturated rings. The standard InChI is InChI=1S/C32H50O5/c1-20(17-33)22-9-14-32(19-37-21(2)35)16-15-30(5)23(27(22)32)7-8-25-28(3)12-11-26(36)29(4,18-34)24(28)10-13-31(25,30)6/h22-25,27,33-34H,1,7-19H2,2-6H3/t22-,23+,24+,25+,27+,28-,29?,30+,31+,32+/m0/s1. The number of hydrogen-bond donors (Lipinski definition) is 2. The number of esters is 1. The molecule has 0 aromatic heterocycles. The summed E-state index contributed by atoms with van der Waals surface area (Å²) in [6.07, 6.45) is 10.2. The molecule has 208 valence electrons. The fraction of sp³-hybridized carbons (Fsp3) is 0.875. The third kappa shape index (κ3) is 3.54. The summed E-state index contributed by atoms with van der Waals surface area (Å²) >= 11 is 0. The zero-order chi connectivity index (χ0) is 27.0. The Morgan fingerprint density at radius 1 is 0.946 bits per heavy atom. The lowest BCUT2D eigenvalue weighted by Crippen LogP contribution is -2.67. The third-order valence-corrected chi connectivity index (χ3v) is 13.8. The lowest BCUT2D eigenvalue weighted by molar-refractivity contribution is -0.240. The van der Waals surface area contributed by atoms with Gasteiger partial charge in [0.25, 0.3) is 0 Å². The zero-order valence-electron chi connectivity index (χ0n) is 23.9. The highest BCUT2D eigenvalue weighted by Crippen LogP contribution is 2.77. The fourth-order valence-corrected chi connectivity index (χ4v) is 11.6. The Hall–Kier alpha value is -1.20. The quantitative estimate of drug-likeness (QED) is 0.362. The summed E-state index contributed by atoms with van der Waals surface area (Å²) < 4.78 is 5.74. The normalized spacial score (nSPS) is 50.9. The number of ether oxygens (including phenoxy) is 1. The van der Waals surface area contributed by atoms with Crippen molar-refractivity contribution in [2.45, 2.75) is 98.8 Å². The number of Topliss-reactive ketones (excluding diaryl/α,β-unsaturated/α-hetero) is 1. The molecule has 0 aliphatic heterocycles. The Labute approximate surface area is 223 Å². The summed E-state index contributed by atoms with van der Waals surface area (Å²) in [4.78, 5) is 24.9. The number of fused-ring (bicyclic) bond motifs is 7. The number of ketones is 1. The fourth-order valence-electron chi connectivity index (χ4n) is 11.6. The van der Waals surface area contributed by atoms with Crippen molar-refractivity contribution in [3.8, 4) is 0 Å². The second-order valence-corrected chi connectivity index (χ2v) is 14.8. The lowest BCUT2D eigenvalue weighted by Gasteiger charge is -2.72. The van der Waals surface area contributed by atoms with Crippen molar-refractivity contribution in [3.05, 3.63) is 12.2 Å². The van der Waals surface area contributed by atoms with E-state index in [1.165, 1.54) is 6.92 Å². The Balaban J connectivity index is 1.53. The number of hydrogen-bond acceptors (Lipinski definition) is 5. The molecule has 0 heterocycles. The highest BCUT2D eigenvalue weighted by molar-refractivity contribution is 5.86. The molecule has 0 saturated heterocycles. The predicted octanol–water partition coefficient (Wildman–Crippen LogP) is 5.72. The van der Waals surface area contributed by atoms with E-state index in [9.17, 15) is 19.8 Å². The van der Waals surface area contributed by atoms with Gasteiger partial charge in [0.1, 0.15) is 5.78 Å². The molecule has 5 aliphatic rings. The Kier molecular flexibility index (Phi) is 6.59. The molecule has 0 radical (unpaired) electrons. The van der Waals surface area contributed by atoms with Crippen LogP contribution < -0.4 is 0 Å². The minimum Gasteiger partial charge on any atom is -0.465 e. The average Bonchev–Trinajstić information content (AvgIpc) is 3.25. The SMILES string of the molecule is C=C(CO)[C@@H]1CC[C@]2(COC(C)=O)CC[C@]3(C)[C@H](CC[C@@H]4[C@@]5(C)CCC(=O)C(C)(CO)[C@@H]5CC[C@]43C)[C@@H]12. The van der Waals surface area contributed by atoms with Crippen LogP contribution in [0.1, 0.15) is 98.8 Å². The van der Waals surface area contributed by atoms with Gasteiger partial charge >= 0.3 is 5.97 Å². The second kappa shape index (κ2) is 8.91. The van der Waals surface area contributed by atoms with Gasteiger partial charge in [-0.25, -0.2) is 0 Å². The van der Waals surface area contributed by atoms with Crippen LogP contribution in [0, 0.1) is 56.7 Å². The van der Waals surface area contributed by atoms with E-state index in [0.29, 0.717) is 30.8 Å². The van der Waals surface area contributed by atoms with E-state index in [2.05, 4.69) is 27.4 Å². The van der Waals surface area contributed by atoms with Crippen molar-refractivity contribution in [1.29, 1.82) is 0 Å². The molecule has 0 bridgehead atoms. The van der Waals surface area contributed by atoms with E-state index < -0.39 is 5.41 Å². The van der Waals surface area contributed by atoms with Crippen LogP contribution in [-0.4, -0.2) is 41.8 Å². The van der Waals surface area contributed by atoms with Crippen molar-refractivity contribution in [1.82, 2.24) is 0 Å². The number of carbonyl (C=O) groups is 2. The molecule has 5 saturated carbocycles. The molecule has 5 aliphatic carbocycles. The summed E-state index contributed by atoms with van der Waals surface area (Å²) in [5.41, 5.74) is 0.667. The van der Waals surface area contributed by atoms with Crippen molar-refractivity contribution in [2.75, 3.05) is 19.8 Å². The summed E-state index contributed by atoms with van der Waals surface area (Å²) in [6, 6.07) is 0. The molecule has 2 N–H and O–H groups in total. The maximum Gasteiger partial charge on any atom is 0.302 e. The van der Waals surface area contributed by atoms with Crippen LogP contribution in [0.4, 0.5) is 0 Å². The van der Waals surface area contributed by atoms with E-state index in [0.717, 1.165) is 63.4 Å². The minimum absolute atomic E-state index is 0.0182. The van der Waals surface area contributed by atoms with Crippen molar-refractivity contribution < 1.29 is 24.5 Å². The topological polar surface area (TPSA) is 83.8 Å². The van der Waals surface area contributed by atoms with E-state index >= 15 is 0 Å². The van der Waals surface area contributed by atoms with Gasteiger partial charge in [-0.1, -0.05) is 34.3 Å². The summed E-state index contributed by atoms with van der Waals surface area (Å²) in [6.45, 7) is 15.9. The molecule has 0 amide bonds. The van der Waals surface area contributed by atoms with Gasteiger partial charge in [-0.3, -0.25) is 9.59 Å². The lowest BCUT2D eigenvalue weighted by atomic mass is 9.32. The summed E-state index contributed by atoms with van der Waals surface area (Å²) in [5.74, 6) is 1.98. The van der Waals surface area contributed by atoms with Gasteiger partial charge in [0.15, 0.2) is 0 Å². The molecule has 5 nitrogen and oxygen atoms in total. The maximum atomic E-state index is 13.0. The van der Waals surface area contributed by atoms with Gasteiger partial charge in [0.2, 0.25) is 0 Å². The predicted molar refractivity (Wildman–Crippen MR) is 143 cm³/mol. The molecule has 1 unspecified atom stereocenters. The van der Waals surface area contributed by atoms with Crippen LogP contribution in [0.3, 0.4) is 0 Å². The van der Waals surface area contributed by atoms with Gasteiger partial charge in [0.05, 0.1) is 25.2 Å². The smallest absolute Gasteiger partial charge is 0.302 e. The summed E-state index contributed by atoms with van der Waals surface area (Å²) in [7, 11) is 0. The van der Waals surface area contributed by atoms with Gasteiger partial charge in [0, 0.05) is 18.8 Å². The molecule has 0 aromatic rings. The second-order valence-electron chi connectivity index (χ2n) is 14.8. The van der Waals surface area contributed by atoms with Gasteiger partial charge in [-0.2, -0.15) is 0 Å². The van der Waals surface area contributed by atoms with Crippen LogP contribution >= 0.6 is 0 Å². The molecule has 5 rings (SSSR count). The zero-order valence-corrected chi connectivity index (χ0v) is 23.9. The number of carbonyl (C=O) groups excluding carboxylic acids is 2. The number of aliphatic hydroxyl groups is 2. The van der Waals surface area contributed by atoms with Crippen molar-refractivity contribution in [2.24, 2.45) is 56.7 Å². The first kappa shape index (κ1) is 27.4. The Morgan fingerprint density at radius 2 is 1.68 bits per heavy atom. The van der Waals surface area contributed by atoms with Crippen LogP contribution in [0.5, 0.6) is 0 Å². The van der Waals surface area contributed by atoms with E-state index in [-0.39, 0.29) is 58.5 Å². The monoisotopic (exact) mass is 514 g/mol. The minimum atomic E-state index is -0.618. The van der Waals surface area contributed by atoms with Crippen LogP contribution in [0.15, 0.2) is 12.2 Å². The molecular weight excluding hydrogens is 464 g/mol.